The van der Waals surface area contributed by atoms with E-state index in [1.807, 2.05) is 0 Å². The Bertz CT molecular complexity index is 1750. The SMILES string of the molecule is O=C(O)C[C@@]1(OC(=O)c2cc(O)c(O)c(O)c2)O[C@H](COC(=O)c2cc(O)c(O)c(O)c2)[C@@H](O)[C@H](OC(=O)c2cc(O)c(O)c(O)c2)[C@H]1O. The molecule has 0 spiro atoms. The van der Waals surface area contributed by atoms with Gasteiger partial charge in [-0.05, 0) is 36.4 Å². The fourth-order valence-corrected chi connectivity index (χ4v) is 4.60. The molecule has 0 aromatic heterocycles. The fourth-order valence-electron chi connectivity index (χ4n) is 4.60. The van der Waals surface area contributed by atoms with Crippen molar-refractivity contribution in [3.63, 3.8) is 0 Å². The van der Waals surface area contributed by atoms with Gasteiger partial charge in [-0.1, -0.05) is 0 Å². The monoisotopic (exact) mass is 694 g/mol. The summed E-state index contributed by atoms with van der Waals surface area (Å²) in [7, 11) is 0. The summed E-state index contributed by atoms with van der Waals surface area (Å²) in [6.07, 6.45) is -10.8. The molecule has 20 heteroatoms. The van der Waals surface area contributed by atoms with Gasteiger partial charge in [0.1, 0.15) is 25.2 Å². The van der Waals surface area contributed by atoms with E-state index in [1.54, 1.807) is 0 Å². The third-order valence-corrected chi connectivity index (χ3v) is 7.03. The standard InChI is InChI=1S/C29H26O20/c30-12-1-9(2-13(31)20(12)38)26(43)46-8-18-23(41)24(47-27(44)10-3-14(32)21(39)15(33)4-10)25(42)29(48-18,7-19(36)37)49-28(45)11-5-16(34)22(40)17(35)6-11/h1-6,18,23-25,30-35,38-42H,7-8H2,(H,36,37)/t18-,23-,24+,25-,29+/m1/s1. The molecule has 0 amide bonds. The van der Waals surface area contributed by atoms with E-state index in [9.17, 15) is 80.5 Å². The molecule has 0 aliphatic carbocycles. The van der Waals surface area contributed by atoms with Gasteiger partial charge in [-0.3, -0.25) is 4.79 Å². The normalized spacial score (nSPS) is 21.8. The molecule has 1 saturated heterocycles. The largest absolute Gasteiger partial charge is 0.504 e. The number of hydrogen-bond donors (Lipinski definition) is 12. The summed E-state index contributed by atoms with van der Waals surface area (Å²) in [4.78, 5) is 50.8. The summed E-state index contributed by atoms with van der Waals surface area (Å²) in [6, 6.07) is 3.69. The maximum atomic E-state index is 13.1. The molecule has 5 atom stereocenters. The van der Waals surface area contributed by atoms with Crippen LogP contribution in [0.25, 0.3) is 0 Å². The first-order valence-electron chi connectivity index (χ1n) is 13.5. The van der Waals surface area contributed by atoms with Gasteiger partial charge < -0.3 is 80.2 Å². The highest BCUT2D eigenvalue weighted by molar-refractivity contribution is 5.93. The van der Waals surface area contributed by atoms with Crippen LogP contribution >= 0.6 is 0 Å². The Hall–Kier alpha value is -6.38. The zero-order valence-corrected chi connectivity index (χ0v) is 24.3. The van der Waals surface area contributed by atoms with Crippen molar-refractivity contribution in [3.05, 3.63) is 53.1 Å². The van der Waals surface area contributed by atoms with Crippen LogP contribution < -0.4 is 0 Å². The molecule has 4 rings (SSSR count). The molecule has 3 aromatic carbocycles. The zero-order valence-electron chi connectivity index (χ0n) is 24.3. The molecular weight excluding hydrogens is 668 g/mol. The van der Waals surface area contributed by atoms with Crippen LogP contribution in [0.2, 0.25) is 0 Å². The quantitative estimate of drug-likeness (QED) is 0.0767. The van der Waals surface area contributed by atoms with Gasteiger partial charge in [0.05, 0.1) is 16.7 Å². The van der Waals surface area contributed by atoms with E-state index >= 15 is 0 Å². The molecule has 12 N–H and O–H groups in total. The van der Waals surface area contributed by atoms with E-state index in [2.05, 4.69) is 0 Å². The fraction of sp³-hybridized carbons (Fsp3) is 0.241. The number of aliphatic carboxylic acids is 1. The van der Waals surface area contributed by atoms with Crippen LogP contribution in [0, 0.1) is 0 Å². The first-order chi connectivity index (χ1) is 22.8. The van der Waals surface area contributed by atoms with Gasteiger partial charge in [0.2, 0.25) is 0 Å². The number of hydrogen-bond acceptors (Lipinski definition) is 19. The van der Waals surface area contributed by atoms with Crippen LogP contribution in [0.15, 0.2) is 36.4 Å². The Labute approximate surface area is 271 Å². The van der Waals surface area contributed by atoms with E-state index in [4.69, 9.17) is 18.9 Å². The lowest BCUT2D eigenvalue weighted by Crippen LogP contribution is -2.68. The molecule has 1 heterocycles. The van der Waals surface area contributed by atoms with Gasteiger partial charge >= 0.3 is 23.9 Å². The van der Waals surface area contributed by atoms with Crippen molar-refractivity contribution in [3.8, 4) is 51.7 Å². The molecule has 0 radical (unpaired) electrons. The Morgan fingerprint density at radius 3 is 1.43 bits per heavy atom. The van der Waals surface area contributed by atoms with Gasteiger partial charge in [-0.15, -0.1) is 0 Å². The average Bonchev–Trinajstić information content (AvgIpc) is 3.03. The Morgan fingerprint density at radius 2 is 1.02 bits per heavy atom. The van der Waals surface area contributed by atoms with Crippen LogP contribution in [0.5, 0.6) is 51.7 Å². The predicted octanol–water partition coefficient (Wildman–Crippen LogP) is -0.432. The Kier molecular flexibility index (Phi) is 9.69. The maximum Gasteiger partial charge on any atom is 0.341 e. The molecule has 3 aromatic rings. The number of carboxylic acid groups (broad SMARTS) is 1. The highest BCUT2D eigenvalue weighted by Crippen LogP contribution is 2.41. The number of benzene rings is 3. The van der Waals surface area contributed by atoms with Gasteiger partial charge in [0.15, 0.2) is 64.0 Å². The minimum atomic E-state index is -3.15. The van der Waals surface area contributed by atoms with E-state index < -0.39 is 136 Å². The number of esters is 3. The van der Waals surface area contributed by atoms with Crippen LogP contribution in [0.1, 0.15) is 37.5 Å². The molecule has 1 aliphatic rings. The van der Waals surface area contributed by atoms with E-state index in [0.717, 1.165) is 0 Å². The molecular formula is C29H26O20. The number of rotatable bonds is 9. The second-order valence-corrected chi connectivity index (χ2v) is 10.4. The van der Waals surface area contributed by atoms with Crippen molar-refractivity contribution >= 4 is 23.9 Å². The lowest BCUT2D eigenvalue weighted by atomic mass is 9.90. The molecule has 1 aliphatic heterocycles. The van der Waals surface area contributed by atoms with Crippen LogP contribution in [0.3, 0.4) is 0 Å². The average molecular weight is 695 g/mol. The minimum absolute atomic E-state index is 0.566. The second-order valence-electron chi connectivity index (χ2n) is 10.4. The molecule has 0 bridgehead atoms. The number of aliphatic hydroxyl groups is 2. The summed E-state index contributed by atoms with van der Waals surface area (Å²) < 4.78 is 20.8. The van der Waals surface area contributed by atoms with Crippen molar-refractivity contribution in [2.24, 2.45) is 0 Å². The Balaban J connectivity index is 1.73. The number of phenolic OH excluding ortho intramolecular Hbond substituents is 9. The number of ether oxygens (including phenoxy) is 4. The highest BCUT2D eigenvalue weighted by Gasteiger charge is 2.60. The number of phenols is 9. The molecule has 20 nitrogen and oxygen atoms in total. The van der Waals surface area contributed by atoms with Crippen molar-refractivity contribution in [2.75, 3.05) is 6.61 Å². The smallest absolute Gasteiger partial charge is 0.341 e. The summed E-state index contributed by atoms with van der Waals surface area (Å²) in [6.45, 7) is -1.12. The van der Waals surface area contributed by atoms with Crippen molar-refractivity contribution in [1.29, 1.82) is 0 Å². The lowest BCUT2D eigenvalue weighted by molar-refractivity contribution is -0.345. The van der Waals surface area contributed by atoms with Crippen molar-refractivity contribution in [2.45, 2.75) is 36.6 Å². The second kappa shape index (κ2) is 13.4. The van der Waals surface area contributed by atoms with Crippen molar-refractivity contribution in [1.82, 2.24) is 0 Å². The predicted molar refractivity (Wildman–Crippen MR) is 151 cm³/mol. The third-order valence-electron chi connectivity index (χ3n) is 7.03. The summed E-state index contributed by atoms with van der Waals surface area (Å²) >= 11 is 0. The summed E-state index contributed by atoms with van der Waals surface area (Å²) in [5.74, 6) is -18.6. The van der Waals surface area contributed by atoms with E-state index in [-0.39, 0.29) is 0 Å². The van der Waals surface area contributed by atoms with Crippen LogP contribution in [-0.2, 0) is 23.7 Å². The van der Waals surface area contributed by atoms with Gasteiger partial charge in [-0.25, -0.2) is 14.4 Å². The third kappa shape index (κ3) is 7.15. The maximum absolute atomic E-state index is 13.1. The van der Waals surface area contributed by atoms with E-state index in [0.29, 0.717) is 36.4 Å². The molecule has 0 saturated carbocycles. The number of carboxylic acids is 1. The number of aromatic hydroxyl groups is 9. The summed E-state index contributed by atoms with van der Waals surface area (Å²) in [5.41, 5.74) is -2.01. The minimum Gasteiger partial charge on any atom is -0.504 e. The van der Waals surface area contributed by atoms with Gasteiger partial charge in [0, 0.05) is 0 Å². The van der Waals surface area contributed by atoms with Crippen LogP contribution in [-0.4, -0.2) is 122 Å². The van der Waals surface area contributed by atoms with E-state index in [1.165, 1.54) is 0 Å². The number of carbonyl (C=O) groups excluding carboxylic acids is 3. The zero-order chi connectivity index (χ0) is 36.5. The summed E-state index contributed by atoms with van der Waals surface area (Å²) in [5, 5.41) is 119. The lowest BCUT2D eigenvalue weighted by Gasteiger charge is -2.47. The Morgan fingerprint density at radius 1 is 0.633 bits per heavy atom. The molecule has 1 fully saturated rings. The molecule has 49 heavy (non-hydrogen) atoms. The number of aliphatic hydroxyl groups excluding tert-OH is 2. The first kappa shape index (κ1) is 35.5. The topological polar surface area (TPSA) is 348 Å². The highest BCUT2D eigenvalue weighted by atomic mass is 16.7. The van der Waals surface area contributed by atoms with Crippen molar-refractivity contribution < 1.29 is 99.4 Å². The van der Waals surface area contributed by atoms with Crippen LogP contribution in [0.4, 0.5) is 0 Å². The van der Waals surface area contributed by atoms with Gasteiger partial charge in [-0.2, -0.15) is 0 Å². The molecule has 262 valence electrons. The number of carbonyl (C=O) groups is 4. The molecule has 0 unspecified atom stereocenters. The van der Waals surface area contributed by atoms with Gasteiger partial charge in [0.25, 0.3) is 5.79 Å². The first-order valence-corrected chi connectivity index (χ1v) is 13.5.